The van der Waals surface area contributed by atoms with Gasteiger partial charge in [0.1, 0.15) is 17.5 Å². The fourth-order valence-electron chi connectivity index (χ4n) is 4.65. The highest BCUT2D eigenvalue weighted by molar-refractivity contribution is 6.00. The number of rotatable bonds is 4. The number of carbonyl (C=O) groups is 2. The Kier molecular flexibility index (Phi) is 5.39. The maximum atomic E-state index is 13.7. The summed E-state index contributed by atoms with van der Waals surface area (Å²) in [5, 5.41) is 4.10. The van der Waals surface area contributed by atoms with Gasteiger partial charge in [0.05, 0.1) is 24.7 Å². The predicted molar refractivity (Wildman–Crippen MR) is 119 cm³/mol. The van der Waals surface area contributed by atoms with Crippen molar-refractivity contribution in [2.75, 3.05) is 18.0 Å². The minimum Gasteiger partial charge on any atom is -0.338 e. The number of benzene rings is 1. The van der Waals surface area contributed by atoms with Gasteiger partial charge in [-0.2, -0.15) is 5.10 Å². The lowest BCUT2D eigenvalue weighted by Gasteiger charge is -2.32. The molecular formula is C24H25FN6O2. The Labute approximate surface area is 191 Å². The van der Waals surface area contributed by atoms with Gasteiger partial charge < -0.3 is 4.90 Å². The second kappa shape index (κ2) is 8.38. The van der Waals surface area contributed by atoms with E-state index in [1.807, 2.05) is 11.8 Å². The molecule has 33 heavy (non-hydrogen) atoms. The van der Waals surface area contributed by atoms with Crippen molar-refractivity contribution < 1.29 is 14.0 Å². The smallest absolute Gasteiger partial charge is 0.257 e. The molecule has 170 valence electrons. The van der Waals surface area contributed by atoms with Crippen LogP contribution in [0.15, 0.2) is 36.7 Å². The minimum atomic E-state index is -0.334. The zero-order valence-corrected chi connectivity index (χ0v) is 18.7. The van der Waals surface area contributed by atoms with Crippen LogP contribution in [0.2, 0.25) is 0 Å². The topological polar surface area (TPSA) is 84.2 Å². The van der Waals surface area contributed by atoms with Crippen molar-refractivity contribution in [1.82, 2.24) is 24.6 Å². The first-order valence-corrected chi connectivity index (χ1v) is 11.1. The molecule has 1 saturated heterocycles. The average molecular weight is 449 g/mol. The number of carbonyl (C=O) groups excluding carboxylic acids is 2. The first-order chi connectivity index (χ1) is 15.9. The molecule has 0 saturated carbocycles. The van der Waals surface area contributed by atoms with Crippen molar-refractivity contribution in [1.29, 1.82) is 0 Å². The molecule has 2 aromatic heterocycles. The Morgan fingerprint density at radius 1 is 1.27 bits per heavy atom. The summed E-state index contributed by atoms with van der Waals surface area (Å²) in [6, 6.07) is 6.25. The molecule has 1 fully saturated rings. The number of amides is 2. The van der Waals surface area contributed by atoms with Crippen LogP contribution < -0.4 is 4.90 Å². The number of hydrogen-bond acceptors (Lipinski definition) is 5. The summed E-state index contributed by atoms with van der Waals surface area (Å²) in [6.45, 7) is 3.35. The van der Waals surface area contributed by atoms with E-state index >= 15 is 0 Å². The molecule has 2 amide bonds. The average Bonchev–Trinajstić information content (AvgIpc) is 3.37. The van der Waals surface area contributed by atoms with E-state index in [4.69, 9.17) is 9.97 Å². The quantitative estimate of drug-likeness (QED) is 0.613. The van der Waals surface area contributed by atoms with E-state index in [1.165, 1.54) is 12.1 Å². The normalized spacial score (nSPS) is 18.0. The van der Waals surface area contributed by atoms with Crippen molar-refractivity contribution in [3.8, 4) is 0 Å². The van der Waals surface area contributed by atoms with Gasteiger partial charge in [-0.3, -0.25) is 19.2 Å². The molecular weight excluding hydrogens is 423 g/mol. The lowest BCUT2D eigenvalue weighted by atomic mass is 9.96. The Balaban J connectivity index is 1.41. The van der Waals surface area contributed by atoms with Gasteiger partial charge in [-0.15, -0.1) is 0 Å². The fourth-order valence-corrected chi connectivity index (χ4v) is 4.65. The minimum absolute atomic E-state index is 0.0184. The number of halogens is 1. The SMILES string of the molecule is Cc1nc([C@@H]2CCCN(C(=O)c3cnn(C)c3)C2)nc2c1CC(=O)N2Cc1cccc(F)c1. The molecule has 8 nitrogen and oxygen atoms in total. The van der Waals surface area contributed by atoms with Crippen molar-refractivity contribution in [3.05, 3.63) is 70.7 Å². The number of anilines is 1. The second-order valence-corrected chi connectivity index (χ2v) is 8.75. The zero-order chi connectivity index (χ0) is 23.1. The van der Waals surface area contributed by atoms with E-state index in [0.29, 0.717) is 35.9 Å². The molecule has 1 atom stereocenters. The molecule has 0 aliphatic carbocycles. The predicted octanol–water partition coefficient (Wildman–Crippen LogP) is 2.77. The number of nitrogens with zero attached hydrogens (tertiary/aromatic N) is 6. The van der Waals surface area contributed by atoms with E-state index in [9.17, 15) is 14.0 Å². The van der Waals surface area contributed by atoms with Crippen LogP contribution in [0.3, 0.4) is 0 Å². The molecule has 0 bridgehead atoms. The van der Waals surface area contributed by atoms with E-state index < -0.39 is 0 Å². The number of likely N-dealkylation sites (tertiary alicyclic amines) is 1. The lowest BCUT2D eigenvalue weighted by molar-refractivity contribution is -0.117. The van der Waals surface area contributed by atoms with Crippen LogP contribution in [0.1, 0.15) is 51.8 Å². The molecule has 0 unspecified atom stereocenters. The molecule has 9 heteroatoms. The van der Waals surface area contributed by atoms with E-state index in [0.717, 1.165) is 24.1 Å². The summed E-state index contributed by atoms with van der Waals surface area (Å²) < 4.78 is 15.3. The zero-order valence-electron chi connectivity index (χ0n) is 18.7. The van der Waals surface area contributed by atoms with E-state index in [2.05, 4.69) is 5.10 Å². The standard InChI is InChI=1S/C24H25FN6O2/c1-15-20-10-21(32)31(12-16-5-3-7-19(25)9-16)23(20)28-22(27-15)17-6-4-8-30(14-17)24(33)18-11-26-29(2)13-18/h3,5,7,9,11,13,17H,4,6,8,10,12,14H2,1-2H3/t17-/m1/s1. The Morgan fingerprint density at radius 2 is 2.12 bits per heavy atom. The second-order valence-electron chi connectivity index (χ2n) is 8.75. The highest BCUT2D eigenvalue weighted by atomic mass is 19.1. The van der Waals surface area contributed by atoms with Gasteiger partial charge >= 0.3 is 0 Å². The molecule has 4 heterocycles. The summed E-state index contributed by atoms with van der Waals surface area (Å²) in [6.07, 6.45) is 5.26. The number of aryl methyl sites for hydroxylation is 2. The number of fused-ring (bicyclic) bond motifs is 1. The largest absolute Gasteiger partial charge is 0.338 e. The van der Waals surface area contributed by atoms with Crippen LogP contribution in [-0.4, -0.2) is 49.6 Å². The fraction of sp³-hybridized carbons (Fsp3) is 0.375. The van der Waals surface area contributed by atoms with Gasteiger partial charge in [-0.25, -0.2) is 14.4 Å². The third-order valence-corrected chi connectivity index (χ3v) is 6.35. The summed E-state index contributed by atoms with van der Waals surface area (Å²) in [4.78, 5) is 38.7. The number of piperidine rings is 1. The highest BCUT2D eigenvalue weighted by Crippen LogP contribution is 2.34. The summed E-state index contributed by atoms with van der Waals surface area (Å²) in [5.41, 5.74) is 2.87. The van der Waals surface area contributed by atoms with Gasteiger partial charge in [0, 0.05) is 43.5 Å². The molecule has 3 aromatic rings. The molecule has 0 radical (unpaired) electrons. The van der Waals surface area contributed by atoms with Crippen molar-refractivity contribution in [2.45, 2.75) is 38.6 Å². The van der Waals surface area contributed by atoms with Gasteiger partial charge in [0.25, 0.3) is 5.91 Å². The Hall–Kier alpha value is -3.62. The van der Waals surface area contributed by atoms with Crippen molar-refractivity contribution >= 4 is 17.6 Å². The molecule has 2 aliphatic rings. The molecule has 0 N–H and O–H groups in total. The van der Waals surface area contributed by atoms with E-state index in [-0.39, 0.29) is 36.5 Å². The van der Waals surface area contributed by atoms with Gasteiger partial charge in [0.15, 0.2) is 0 Å². The lowest BCUT2D eigenvalue weighted by Crippen LogP contribution is -2.39. The van der Waals surface area contributed by atoms with Gasteiger partial charge in [-0.1, -0.05) is 12.1 Å². The van der Waals surface area contributed by atoms with Crippen LogP contribution in [0.25, 0.3) is 0 Å². The van der Waals surface area contributed by atoms with Crippen LogP contribution in [0.5, 0.6) is 0 Å². The Bertz CT molecular complexity index is 1240. The van der Waals surface area contributed by atoms with Crippen LogP contribution in [0.4, 0.5) is 10.2 Å². The maximum Gasteiger partial charge on any atom is 0.257 e. The first-order valence-electron chi connectivity index (χ1n) is 11.1. The highest BCUT2D eigenvalue weighted by Gasteiger charge is 2.34. The number of aromatic nitrogens is 4. The Morgan fingerprint density at radius 3 is 2.88 bits per heavy atom. The monoisotopic (exact) mass is 448 g/mol. The van der Waals surface area contributed by atoms with Crippen LogP contribution in [-0.2, 0) is 24.8 Å². The third kappa shape index (κ3) is 4.10. The van der Waals surface area contributed by atoms with Crippen molar-refractivity contribution in [2.24, 2.45) is 7.05 Å². The van der Waals surface area contributed by atoms with Gasteiger partial charge in [-0.05, 0) is 37.5 Å². The van der Waals surface area contributed by atoms with Crippen molar-refractivity contribution in [3.63, 3.8) is 0 Å². The maximum absolute atomic E-state index is 13.7. The summed E-state index contributed by atoms with van der Waals surface area (Å²) >= 11 is 0. The molecule has 2 aliphatic heterocycles. The van der Waals surface area contributed by atoms with Crippen LogP contribution in [0, 0.1) is 12.7 Å². The third-order valence-electron chi connectivity index (χ3n) is 6.35. The number of hydrogen-bond donors (Lipinski definition) is 0. The van der Waals surface area contributed by atoms with E-state index in [1.54, 1.807) is 41.2 Å². The first kappa shape index (κ1) is 21.2. The molecule has 1 aromatic carbocycles. The van der Waals surface area contributed by atoms with Gasteiger partial charge in [0.2, 0.25) is 5.91 Å². The van der Waals surface area contributed by atoms with Crippen LogP contribution >= 0.6 is 0 Å². The molecule has 0 spiro atoms. The molecule has 5 rings (SSSR count). The summed E-state index contributed by atoms with van der Waals surface area (Å²) in [7, 11) is 1.79. The summed E-state index contributed by atoms with van der Waals surface area (Å²) in [5.74, 6) is 0.778.